The van der Waals surface area contributed by atoms with Crippen LogP contribution in [-0.4, -0.2) is 74.2 Å². The maximum atomic E-state index is 11.7. The lowest BCUT2D eigenvalue weighted by molar-refractivity contribution is 0.0255. The first-order chi connectivity index (χ1) is 17.4. The number of aliphatic imine (C=N–C) groups is 1. The molecule has 11 heteroatoms. The van der Waals surface area contributed by atoms with Crippen molar-refractivity contribution >= 4 is 15.7 Å². The first kappa shape index (κ1) is 24.3. The third-order valence-corrected chi connectivity index (χ3v) is 6.83. The highest BCUT2D eigenvalue weighted by atomic mass is 32.2. The van der Waals surface area contributed by atoms with Gasteiger partial charge in [-0.15, -0.1) is 0 Å². The Morgan fingerprint density at radius 3 is 2.53 bits per heavy atom. The van der Waals surface area contributed by atoms with E-state index in [9.17, 15) is 13.5 Å². The van der Waals surface area contributed by atoms with Gasteiger partial charge in [0.2, 0.25) is 5.90 Å². The highest BCUT2D eigenvalue weighted by Crippen LogP contribution is 2.33. The maximum Gasteiger partial charge on any atom is 0.233 e. The largest absolute Gasteiger partial charge is 0.490 e. The summed E-state index contributed by atoms with van der Waals surface area (Å²) in [6.07, 6.45) is 4.12. The van der Waals surface area contributed by atoms with Crippen LogP contribution < -0.4 is 9.47 Å². The van der Waals surface area contributed by atoms with E-state index in [0.717, 1.165) is 30.4 Å². The number of ether oxygens (including phenoxy) is 4. The van der Waals surface area contributed by atoms with Crippen molar-refractivity contribution in [3.8, 4) is 28.5 Å². The molecule has 0 spiro atoms. The van der Waals surface area contributed by atoms with Crippen molar-refractivity contribution < 1.29 is 32.5 Å². The third kappa shape index (κ3) is 5.69. The molecule has 3 aromatic rings. The summed E-state index contributed by atoms with van der Waals surface area (Å²) in [5.41, 5.74) is 2.33. The van der Waals surface area contributed by atoms with Crippen molar-refractivity contribution in [2.45, 2.75) is 30.0 Å². The van der Waals surface area contributed by atoms with E-state index >= 15 is 0 Å². The van der Waals surface area contributed by atoms with E-state index in [0.29, 0.717) is 48.7 Å². The average molecular weight is 514 g/mol. The number of aromatic nitrogens is 2. The summed E-state index contributed by atoms with van der Waals surface area (Å²) in [5, 5.41) is 9.30. The smallest absolute Gasteiger partial charge is 0.233 e. The molecular weight excluding hydrogens is 486 g/mol. The minimum Gasteiger partial charge on any atom is -0.490 e. The predicted molar refractivity (Wildman–Crippen MR) is 131 cm³/mol. The molecule has 0 saturated carbocycles. The first-order valence-electron chi connectivity index (χ1n) is 11.6. The lowest BCUT2D eigenvalue weighted by Crippen LogP contribution is -2.25. The van der Waals surface area contributed by atoms with E-state index in [2.05, 4.69) is 15.0 Å². The van der Waals surface area contributed by atoms with Crippen molar-refractivity contribution in [1.29, 1.82) is 0 Å². The van der Waals surface area contributed by atoms with Gasteiger partial charge in [0.1, 0.15) is 41.7 Å². The Balaban J connectivity index is 1.43. The van der Waals surface area contributed by atoms with Crippen LogP contribution in [0.2, 0.25) is 0 Å². The van der Waals surface area contributed by atoms with Gasteiger partial charge in [0.15, 0.2) is 14.9 Å². The number of nitrogens with zero attached hydrogens (tertiary/aromatic N) is 2. The van der Waals surface area contributed by atoms with Gasteiger partial charge in [0.05, 0.1) is 26.0 Å². The SMILES string of the molecule is CS(=O)(=O)c1ccc(Oc2cc(OC3CCOCC3)cc(-c3ccc(C4=N[C@H](CO)CO4)[nH]3)c2)cn1. The lowest BCUT2D eigenvalue weighted by atomic mass is 10.1. The Labute approximate surface area is 208 Å². The molecule has 1 saturated heterocycles. The lowest BCUT2D eigenvalue weighted by Gasteiger charge is -2.24. The third-order valence-electron chi connectivity index (χ3n) is 5.83. The second-order valence-electron chi connectivity index (χ2n) is 8.70. The van der Waals surface area contributed by atoms with Crippen LogP contribution in [0.15, 0.2) is 58.7 Å². The molecule has 1 aromatic carbocycles. The second-order valence-corrected chi connectivity index (χ2v) is 10.7. The summed E-state index contributed by atoms with van der Waals surface area (Å²) in [7, 11) is -3.40. The zero-order chi connectivity index (χ0) is 25.1. The second kappa shape index (κ2) is 10.3. The first-order valence-corrected chi connectivity index (χ1v) is 13.5. The number of benzene rings is 1. The average Bonchev–Trinajstić information content (AvgIpc) is 3.54. The van der Waals surface area contributed by atoms with Gasteiger partial charge in [0.25, 0.3) is 0 Å². The zero-order valence-electron chi connectivity index (χ0n) is 19.7. The number of aromatic amines is 1. The molecule has 0 aliphatic carbocycles. The number of H-pyrrole nitrogens is 1. The van der Waals surface area contributed by atoms with Gasteiger partial charge in [-0.2, -0.15) is 0 Å². The quantitative estimate of drug-likeness (QED) is 0.470. The number of nitrogens with one attached hydrogen (secondary N) is 1. The Morgan fingerprint density at radius 2 is 1.83 bits per heavy atom. The van der Waals surface area contributed by atoms with Gasteiger partial charge in [-0.3, -0.25) is 0 Å². The number of aliphatic hydroxyl groups is 1. The van der Waals surface area contributed by atoms with E-state index in [4.69, 9.17) is 18.9 Å². The highest BCUT2D eigenvalue weighted by molar-refractivity contribution is 7.90. The molecule has 0 unspecified atom stereocenters. The molecule has 0 amide bonds. The zero-order valence-corrected chi connectivity index (χ0v) is 20.5. The molecule has 190 valence electrons. The van der Waals surface area contributed by atoms with Crippen LogP contribution >= 0.6 is 0 Å². The van der Waals surface area contributed by atoms with E-state index < -0.39 is 9.84 Å². The van der Waals surface area contributed by atoms with E-state index in [1.807, 2.05) is 24.3 Å². The molecular formula is C25H27N3O7S. The molecule has 2 aliphatic rings. The summed E-state index contributed by atoms with van der Waals surface area (Å²) in [6, 6.07) is 12.1. The molecule has 2 N–H and O–H groups in total. The number of pyridine rings is 1. The monoisotopic (exact) mass is 513 g/mol. The fourth-order valence-corrected chi connectivity index (χ4v) is 4.53. The summed E-state index contributed by atoms with van der Waals surface area (Å²) in [6.45, 7) is 1.59. The molecule has 36 heavy (non-hydrogen) atoms. The van der Waals surface area contributed by atoms with Gasteiger partial charge in [0, 0.05) is 36.4 Å². The summed E-state index contributed by atoms with van der Waals surface area (Å²) < 4.78 is 46.7. The molecule has 10 nitrogen and oxygen atoms in total. The van der Waals surface area contributed by atoms with Gasteiger partial charge in [-0.05, 0) is 36.4 Å². The minimum atomic E-state index is -3.40. The van der Waals surface area contributed by atoms with Crippen LogP contribution in [-0.2, 0) is 19.3 Å². The van der Waals surface area contributed by atoms with E-state index in [-0.39, 0.29) is 23.8 Å². The van der Waals surface area contributed by atoms with Crippen molar-refractivity contribution in [2.75, 3.05) is 32.7 Å². The van der Waals surface area contributed by atoms with Gasteiger partial charge in [-0.1, -0.05) is 0 Å². The fraction of sp³-hybridized carbons (Fsp3) is 0.360. The van der Waals surface area contributed by atoms with Crippen LogP contribution in [0.3, 0.4) is 0 Å². The van der Waals surface area contributed by atoms with Gasteiger partial charge >= 0.3 is 0 Å². The molecule has 1 atom stereocenters. The Bertz CT molecular complexity index is 1350. The highest BCUT2D eigenvalue weighted by Gasteiger charge is 2.21. The maximum absolute atomic E-state index is 11.7. The number of hydrogen-bond donors (Lipinski definition) is 2. The van der Waals surface area contributed by atoms with Crippen molar-refractivity contribution in [2.24, 2.45) is 4.99 Å². The molecule has 2 aromatic heterocycles. The van der Waals surface area contributed by atoms with Crippen LogP contribution in [0.1, 0.15) is 18.5 Å². The number of sulfone groups is 1. The van der Waals surface area contributed by atoms with Crippen molar-refractivity contribution in [1.82, 2.24) is 9.97 Å². The molecule has 0 bridgehead atoms. The fourth-order valence-electron chi connectivity index (χ4n) is 3.97. The van der Waals surface area contributed by atoms with Gasteiger partial charge in [-0.25, -0.2) is 18.4 Å². The molecule has 1 fully saturated rings. The topological polar surface area (TPSA) is 132 Å². The number of rotatable bonds is 8. The summed E-state index contributed by atoms with van der Waals surface area (Å²) >= 11 is 0. The van der Waals surface area contributed by atoms with Crippen LogP contribution in [0, 0.1) is 0 Å². The Morgan fingerprint density at radius 1 is 1.06 bits per heavy atom. The van der Waals surface area contributed by atoms with Crippen LogP contribution in [0.4, 0.5) is 0 Å². The van der Waals surface area contributed by atoms with Crippen molar-refractivity contribution in [3.63, 3.8) is 0 Å². The molecule has 0 radical (unpaired) electrons. The summed E-state index contributed by atoms with van der Waals surface area (Å²) in [4.78, 5) is 11.7. The van der Waals surface area contributed by atoms with Crippen LogP contribution in [0.25, 0.3) is 11.3 Å². The summed E-state index contributed by atoms with van der Waals surface area (Å²) in [5.74, 6) is 2.01. The standard InChI is InChI=1S/C25H27N3O7S/c1-36(30,31)24-5-2-19(13-26-24)35-21-11-16(10-20(12-21)34-18-6-8-32-9-7-18)22-3-4-23(28-22)25-27-17(14-29)15-33-25/h2-5,10-13,17-18,28-29H,6-9,14-15H2,1H3/t17-/m1/s1. The minimum absolute atomic E-state index is 0.0217. The number of hydrogen-bond acceptors (Lipinski definition) is 9. The van der Waals surface area contributed by atoms with E-state index in [1.165, 1.54) is 12.3 Å². The van der Waals surface area contributed by atoms with Crippen LogP contribution in [0.5, 0.6) is 17.2 Å². The van der Waals surface area contributed by atoms with Gasteiger partial charge < -0.3 is 29.0 Å². The normalized spacial score (nSPS) is 18.5. The predicted octanol–water partition coefficient (Wildman–Crippen LogP) is 2.97. The van der Waals surface area contributed by atoms with Crippen molar-refractivity contribution in [3.05, 3.63) is 54.4 Å². The molecule has 5 rings (SSSR count). The Hall–Kier alpha value is -3.41. The Kier molecular flexibility index (Phi) is 6.95. The molecule has 4 heterocycles. The molecule has 2 aliphatic heterocycles. The number of aliphatic hydroxyl groups excluding tert-OH is 1. The van der Waals surface area contributed by atoms with E-state index in [1.54, 1.807) is 12.1 Å².